The van der Waals surface area contributed by atoms with Crippen LogP contribution in [0.4, 0.5) is 0 Å². The predicted octanol–water partition coefficient (Wildman–Crippen LogP) is 4.20. The minimum absolute atomic E-state index is 0.0914. The van der Waals surface area contributed by atoms with Gasteiger partial charge in [-0.25, -0.2) is 0 Å². The molecule has 1 heterocycles. The summed E-state index contributed by atoms with van der Waals surface area (Å²) >= 11 is 0. The molecule has 130 valence electrons. The molecule has 0 spiro atoms. The molecule has 4 rings (SSSR count). The number of carbonyl (C=O) groups is 1. The molecule has 3 nitrogen and oxygen atoms in total. The van der Waals surface area contributed by atoms with E-state index < -0.39 is 6.04 Å². The van der Waals surface area contributed by atoms with Crippen LogP contribution in [0.1, 0.15) is 27.6 Å². The zero-order valence-electron chi connectivity index (χ0n) is 14.5. The van der Waals surface area contributed by atoms with Crippen LogP contribution in [0.15, 0.2) is 84.9 Å². The molecule has 0 bridgehead atoms. The molecule has 3 heteroatoms. The third-order valence-electron chi connectivity index (χ3n) is 4.74. The number of fused-ring (bicyclic) bond motifs is 1. The summed E-state index contributed by atoms with van der Waals surface area (Å²) in [5, 5.41) is 3.43. The molecule has 0 amide bonds. The molecule has 3 aromatic rings. The number of ketones is 1. The maximum atomic E-state index is 13.1. The Balaban J connectivity index is 1.57. The van der Waals surface area contributed by atoms with Crippen LogP contribution in [-0.2, 0) is 6.42 Å². The number of hydrogen-bond donors (Lipinski definition) is 1. The number of ether oxygens (including phenoxy) is 1. The second kappa shape index (κ2) is 7.54. The van der Waals surface area contributed by atoms with Gasteiger partial charge in [0.15, 0.2) is 5.78 Å². The van der Waals surface area contributed by atoms with Crippen LogP contribution in [0, 0.1) is 0 Å². The average Bonchev–Trinajstić information content (AvgIpc) is 2.71. The third kappa shape index (κ3) is 3.39. The lowest BCUT2D eigenvalue weighted by molar-refractivity contribution is 0.0736. The van der Waals surface area contributed by atoms with Crippen LogP contribution in [0.3, 0.4) is 0 Å². The van der Waals surface area contributed by atoms with E-state index >= 15 is 0 Å². The van der Waals surface area contributed by atoms with Crippen molar-refractivity contribution < 1.29 is 9.53 Å². The van der Waals surface area contributed by atoms with Crippen molar-refractivity contribution in [2.45, 2.75) is 18.6 Å². The number of benzene rings is 3. The highest BCUT2D eigenvalue weighted by molar-refractivity contribution is 6.03. The van der Waals surface area contributed by atoms with Gasteiger partial charge in [-0.2, -0.15) is 0 Å². The van der Waals surface area contributed by atoms with Crippen molar-refractivity contribution in [3.8, 4) is 5.75 Å². The number of Topliss-reactive ketones (excluding diaryl/α,β-unsaturated/α-hetero) is 1. The SMILES string of the molecule is O=C1c2ccccc2O[C@@H](c2ccccc2)[C@@H]1NCCc1ccccc1. The van der Waals surface area contributed by atoms with Crippen LogP contribution < -0.4 is 10.1 Å². The number of para-hydroxylation sites is 1. The Morgan fingerprint density at radius 3 is 2.23 bits per heavy atom. The number of hydrogen-bond acceptors (Lipinski definition) is 3. The Morgan fingerprint density at radius 2 is 1.46 bits per heavy atom. The van der Waals surface area contributed by atoms with Gasteiger partial charge in [0.1, 0.15) is 17.9 Å². The van der Waals surface area contributed by atoms with Gasteiger partial charge in [-0.3, -0.25) is 4.79 Å². The molecular formula is C23H21NO2. The Hall–Kier alpha value is -2.91. The van der Waals surface area contributed by atoms with Crippen LogP contribution in [0.2, 0.25) is 0 Å². The van der Waals surface area contributed by atoms with Crippen molar-refractivity contribution in [2.75, 3.05) is 6.54 Å². The van der Waals surface area contributed by atoms with Crippen LogP contribution in [0.25, 0.3) is 0 Å². The van der Waals surface area contributed by atoms with Gasteiger partial charge in [0.2, 0.25) is 0 Å². The fourth-order valence-corrected chi connectivity index (χ4v) is 3.40. The summed E-state index contributed by atoms with van der Waals surface area (Å²) in [7, 11) is 0. The summed E-state index contributed by atoms with van der Waals surface area (Å²) < 4.78 is 6.22. The van der Waals surface area contributed by atoms with E-state index in [9.17, 15) is 4.79 Å². The third-order valence-corrected chi connectivity index (χ3v) is 4.74. The van der Waals surface area contributed by atoms with Crippen molar-refractivity contribution in [3.05, 3.63) is 102 Å². The van der Waals surface area contributed by atoms with Crippen LogP contribution >= 0.6 is 0 Å². The first-order valence-electron chi connectivity index (χ1n) is 8.95. The van der Waals surface area contributed by atoms with E-state index in [1.54, 1.807) is 0 Å². The van der Waals surface area contributed by atoms with Gasteiger partial charge in [0, 0.05) is 0 Å². The molecule has 0 unspecified atom stereocenters. The minimum atomic E-state index is -0.393. The van der Waals surface area contributed by atoms with Crippen molar-refractivity contribution in [1.82, 2.24) is 5.32 Å². The number of nitrogens with one attached hydrogen (secondary N) is 1. The molecule has 2 atom stereocenters. The Bertz CT molecular complexity index is 877. The highest BCUT2D eigenvalue weighted by Gasteiger charge is 2.37. The van der Waals surface area contributed by atoms with Gasteiger partial charge in [-0.15, -0.1) is 0 Å². The molecule has 0 fully saturated rings. The van der Waals surface area contributed by atoms with E-state index in [-0.39, 0.29) is 11.9 Å². The first kappa shape index (κ1) is 16.6. The van der Waals surface area contributed by atoms with E-state index in [1.165, 1.54) is 5.56 Å². The van der Waals surface area contributed by atoms with Gasteiger partial charge in [0.05, 0.1) is 5.56 Å². The summed E-state index contributed by atoms with van der Waals surface area (Å²) in [4.78, 5) is 13.1. The van der Waals surface area contributed by atoms with E-state index in [0.29, 0.717) is 11.3 Å². The monoisotopic (exact) mass is 343 g/mol. The molecule has 0 radical (unpaired) electrons. The fourth-order valence-electron chi connectivity index (χ4n) is 3.40. The minimum Gasteiger partial charge on any atom is -0.483 e. The number of rotatable bonds is 5. The van der Waals surface area contributed by atoms with E-state index in [0.717, 1.165) is 18.5 Å². The summed E-state index contributed by atoms with van der Waals surface area (Å²) in [6, 6.07) is 27.3. The molecule has 1 aliphatic rings. The molecule has 0 saturated carbocycles. The van der Waals surface area contributed by atoms with Crippen LogP contribution in [0.5, 0.6) is 5.75 Å². The van der Waals surface area contributed by atoms with Gasteiger partial charge < -0.3 is 10.1 Å². The molecule has 1 aliphatic heterocycles. The second-order valence-corrected chi connectivity index (χ2v) is 6.48. The highest BCUT2D eigenvalue weighted by atomic mass is 16.5. The van der Waals surface area contributed by atoms with Crippen molar-refractivity contribution >= 4 is 5.78 Å². The summed E-state index contributed by atoms with van der Waals surface area (Å²) in [5.41, 5.74) is 2.91. The predicted molar refractivity (Wildman–Crippen MR) is 103 cm³/mol. The van der Waals surface area contributed by atoms with Crippen molar-refractivity contribution in [3.63, 3.8) is 0 Å². The van der Waals surface area contributed by atoms with E-state index in [1.807, 2.05) is 72.8 Å². The van der Waals surface area contributed by atoms with E-state index in [4.69, 9.17) is 4.74 Å². The molecule has 0 aromatic heterocycles. The maximum absolute atomic E-state index is 13.1. The quantitative estimate of drug-likeness (QED) is 0.754. The molecule has 0 aliphatic carbocycles. The first-order valence-corrected chi connectivity index (χ1v) is 8.95. The Kier molecular flexibility index (Phi) is 4.80. The fraction of sp³-hybridized carbons (Fsp3) is 0.174. The Morgan fingerprint density at radius 1 is 0.808 bits per heavy atom. The van der Waals surface area contributed by atoms with Gasteiger partial charge >= 0.3 is 0 Å². The molecular weight excluding hydrogens is 322 g/mol. The zero-order chi connectivity index (χ0) is 17.8. The lowest BCUT2D eigenvalue weighted by Gasteiger charge is -2.33. The van der Waals surface area contributed by atoms with Crippen molar-refractivity contribution in [1.29, 1.82) is 0 Å². The summed E-state index contributed by atoms with van der Waals surface area (Å²) in [6.07, 6.45) is 0.544. The summed E-state index contributed by atoms with van der Waals surface area (Å²) in [6.45, 7) is 0.718. The smallest absolute Gasteiger partial charge is 0.187 e. The molecule has 26 heavy (non-hydrogen) atoms. The van der Waals surface area contributed by atoms with E-state index in [2.05, 4.69) is 17.4 Å². The lowest BCUT2D eigenvalue weighted by Crippen LogP contribution is -2.47. The largest absolute Gasteiger partial charge is 0.483 e. The number of carbonyl (C=O) groups excluding carboxylic acids is 1. The van der Waals surface area contributed by atoms with Crippen molar-refractivity contribution in [2.24, 2.45) is 0 Å². The second-order valence-electron chi connectivity index (χ2n) is 6.48. The molecule has 3 aromatic carbocycles. The summed E-state index contributed by atoms with van der Waals surface area (Å²) in [5.74, 6) is 0.751. The zero-order valence-corrected chi connectivity index (χ0v) is 14.5. The first-order chi connectivity index (χ1) is 12.8. The molecule has 0 saturated heterocycles. The molecule has 1 N–H and O–H groups in total. The topological polar surface area (TPSA) is 38.3 Å². The standard InChI is InChI=1S/C23H21NO2/c25-22-19-13-7-8-14-20(19)26-23(18-11-5-2-6-12-18)21(22)24-16-15-17-9-3-1-4-10-17/h1-14,21,23-24H,15-16H2/t21-,23+/m1/s1. The van der Waals surface area contributed by atoms with Crippen LogP contribution in [-0.4, -0.2) is 18.4 Å². The van der Waals surface area contributed by atoms with Gasteiger partial charge in [-0.05, 0) is 36.2 Å². The highest BCUT2D eigenvalue weighted by Crippen LogP contribution is 2.34. The maximum Gasteiger partial charge on any atom is 0.187 e. The Labute approximate surface area is 153 Å². The van der Waals surface area contributed by atoms with Gasteiger partial charge in [-0.1, -0.05) is 72.8 Å². The average molecular weight is 343 g/mol. The van der Waals surface area contributed by atoms with Gasteiger partial charge in [0.25, 0.3) is 0 Å². The normalized spacial score (nSPS) is 18.8. The lowest BCUT2D eigenvalue weighted by atomic mass is 9.91.